The van der Waals surface area contributed by atoms with Gasteiger partial charge in [0.2, 0.25) is 0 Å². The van der Waals surface area contributed by atoms with Crippen LogP contribution in [0.2, 0.25) is 0 Å². The number of carbonyl (C=O) groups is 1. The van der Waals surface area contributed by atoms with E-state index < -0.39 is 0 Å². The Morgan fingerprint density at radius 3 is 2.71 bits per heavy atom. The summed E-state index contributed by atoms with van der Waals surface area (Å²) in [4.78, 5) is 20.5. The maximum atomic E-state index is 12.8. The van der Waals surface area contributed by atoms with E-state index in [9.17, 15) is 4.79 Å². The van der Waals surface area contributed by atoms with Gasteiger partial charge < -0.3 is 19.7 Å². The van der Waals surface area contributed by atoms with Gasteiger partial charge in [-0.25, -0.2) is 9.78 Å². The fourth-order valence-corrected chi connectivity index (χ4v) is 4.31. The number of ether oxygens (including phenoxy) is 2. The van der Waals surface area contributed by atoms with Crippen LogP contribution in [-0.2, 0) is 13.0 Å². The van der Waals surface area contributed by atoms with Gasteiger partial charge in [-0.15, -0.1) is 11.3 Å². The molecule has 1 N–H and O–H groups in total. The summed E-state index contributed by atoms with van der Waals surface area (Å²) in [6, 6.07) is 15.3. The third-order valence-electron chi connectivity index (χ3n) is 4.69. The second-order valence-corrected chi connectivity index (χ2v) is 7.51. The highest BCUT2D eigenvalue weighted by Gasteiger charge is 2.25. The third kappa shape index (κ3) is 3.66. The number of nitrogens with zero attached hydrogens (tertiary/aromatic N) is 2. The zero-order valence-electron chi connectivity index (χ0n) is 15.8. The van der Waals surface area contributed by atoms with Gasteiger partial charge in [-0.1, -0.05) is 30.3 Å². The molecule has 4 rings (SSSR count). The average Bonchev–Trinajstić information content (AvgIpc) is 3.17. The topological polar surface area (TPSA) is 63.7 Å². The summed E-state index contributed by atoms with van der Waals surface area (Å²) < 4.78 is 10.6. The van der Waals surface area contributed by atoms with Crippen LogP contribution in [0.25, 0.3) is 10.6 Å². The number of rotatable bonds is 4. The quantitative estimate of drug-likeness (QED) is 0.710. The van der Waals surface area contributed by atoms with Crippen molar-refractivity contribution in [1.82, 2.24) is 9.88 Å². The molecule has 0 saturated heterocycles. The zero-order valence-corrected chi connectivity index (χ0v) is 16.6. The Balaban J connectivity index is 1.50. The van der Waals surface area contributed by atoms with Crippen molar-refractivity contribution in [3.8, 4) is 22.1 Å². The van der Waals surface area contributed by atoms with Crippen molar-refractivity contribution >= 4 is 23.1 Å². The second kappa shape index (κ2) is 7.90. The minimum Gasteiger partial charge on any atom is -0.497 e. The van der Waals surface area contributed by atoms with Gasteiger partial charge in [0.15, 0.2) is 0 Å². The number of amides is 2. The molecule has 144 valence electrons. The van der Waals surface area contributed by atoms with Crippen molar-refractivity contribution in [1.29, 1.82) is 0 Å². The Bertz CT molecular complexity index is 988. The highest BCUT2D eigenvalue weighted by atomic mass is 32.1. The molecule has 2 aromatic carbocycles. The van der Waals surface area contributed by atoms with E-state index in [1.54, 1.807) is 48.7 Å². The number of hydrogen-bond donors (Lipinski definition) is 1. The van der Waals surface area contributed by atoms with Crippen LogP contribution in [0.15, 0.2) is 48.5 Å². The molecule has 28 heavy (non-hydrogen) atoms. The summed E-state index contributed by atoms with van der Waals surface area (Å²) in [6.07, 6.45) is 0.751. The van der Waals surface area contributed by atoms with Gasteiger partial charge in [0.1, 0.15) is 16.5 Å². The highest BCUT2D eigenvalue weighted by molar-refractivity contribution is 7.15. The van der Waals surface area contributed by atoms with E-state index in [0.717, 1.165) is 27.6 Å². The lowest BCUT2D eigenvalue weighted by Crippen LogP contribution is -2.38. The molecule has 0 spiro atoms. The predicted octanol–water partition coefficient (Wildman–Crippen LogP) is 4.42. The van der Waals surface area contributed by atoms with E-state index in [-0.39, 0.29) is 6.03 Å². The fourth-order valence-electron chi connectivity index (χ4n) is 3.18. The minimum atomic E-state index is -0.160. The molecule has 0 fully saturated rings. The smallest absolute Gasteiger partial charge is 0.322 e. The lowest BCUT2D eigenvalue weighted by Gasteiger charge is -2.26. The molecule has 0 atom stereocenters. The van der Waals surface area contributed by atoms with Gasteiger partial charge >= 0.3 is 6.03 Å². The largest absolute Gasteiger partial charge is 0.497 e. The van der Waals surface area contributed by atoms with E-state index in [1.807, 2.05) is 18.2 Å². The Morgan fingerprint density at radius 1 is 1.14 bits per heavy atom. The van der Waals surface area contributed by atoms with E-state index in [4.69, 9.17) is 14.5 Å². The predicted molar refractivity (Wildman–Crippen MR) is 110 cm³/mol. The minimum absolute atomic E-state index is 0.160. The summed E-state index contributed by atoms with van der Waals surface area (Å²) in [7, 11) is 3.17. The van der Waals surface area contributed by atoms with Crippen molar-refractivity contribution in [2.24, 2.45) is 0 Å². The van der Waals surface area contributed by atoms with Crippen LogP contribution in [0.4, 0.5) is 10.5 Å². The summed E-state index contributed by atoms with van der Waals surface area (Å²) >= 11 is 1.65. The van der Waals surface area contributed by atoms with Crippen LogP contribution in [0.5, 0.6) is 11.5 Å². The van der Waals surface area contributed by atoms with Gasteiger partial charge in [0.05, 0.1) is 32.1 Å². The van der Waals surface area contributed by atoms with E-state index in [0.29, 0.717) is 30.3 Å². The molecular weight excluding hydrogens is 374 g/mol. The lowest BCUT2D eigenvalue weighted by atomic mass is 10.2. The molecule has 1 aliphatic rings. The third-order valence-corrected chi connectivity index (χ3v) is 5.82. The summed E-state index contributed by atoms with van der Waals surface area (Å²) in [5.74, 6) is 1.25. The first-order valence-corrected chi connectivity index (χ1v) is 9.81. The van der Waals surface area contributed by atoms with Crippen LogP contribution in [0.3, 0.4) is 0 Å². The summed E-state index contributed by atoms with van der Waals surface area (Å²) in [6.45, 7) is 1.18. The van der Waals surface area contributed by atoms with Crippen molar-refractivity contribution in [3.63, 3.8) is 0 Å². The van der Waals surface area contributed by atoms with Crippen LogP contribution < -0.4 is 14.8 Å². The summed E-state index contributed by atoms with van der Waals surface area (Å²) in [5.41, 5.74) is 2.79. The molecule has 6 nitrogen and oxygen atoms in total. The highest BCUT2D eigenvalue weighted by Crippen LogP contribution is 2.33. The van der Waals surface area contributed by atoms with Crippen LogP contribution >= 0.6 is 11.3 Å². The van der Waals surface area contributed by atoms with Gasteiger partial charge in [0.25, 0.3) is 0 Å². The first kappa shape index (κ1) is 18.3. The standard InChI is InChI=1S/C21H21N3O3S/c1-26-15-8-9-18(27-2)17(12-15)23-21(25)24-11-10-16-19(13-24)28-20(22-16)14-6-4-3-5-7-14/h3-9,12H,10-11,13H2,1-2H3,(H,23,25). The molecule has 1 aromatic heterocycles. The van der Waals surface area contributed by atoms with E-state index >= 15 is 0 Å². The number of anilines is 1. The molecule has 0 radical (unpaired) electrons. The number of fused-ring (bicyclic) bond motifs is 1. The molecule has 0 saturated carbocycles. The molecule has 2 amide bonds. The van der Waals surface area contributed by atoms with Gasteiger partial charge in [-0.05, 0) is 12.1 Å². The van der Waals surface area contributed by atoms with Gasteiger partial charge in [0, 0.05) is 29.5 Å². The van der Waals surface area contributed by atoms with Crippen molar-refractivity contribution in [2.75, 3.05) is 26.1 Å². The van der Waals surface area contributed by atoms with E-state index in [2.05, 4.69) is 17.4 Å². The second-order valence-electron chi connectivity index (χ2n) is 6.42. The molecule has 2 heterocycles. The molecule has 0 bridgehead atoms. The van der Waals surface area contributed by atoms with Crippen molar-refractivity contribution in [2.45, 2.75) is 13.0 Å². The van der Waals surface area contributed by atoms with Crippen molar-refractivity contribution in [3.05, 3.63) is 59.1 Å². The van der Waals surface area contributed by atoms with Crippen LogP contribution in [-0.4, -0.2) is 36.7 Å². The Labute approximate surface area is 167 Å². The molecule has 3 aromatic rings. The van der Waals surface area contributed by atoms with Gasteiger partial charge in [-0.3, -0.25) is 0 Å². The number of carbonyl (C=O) groups excluding carboxylic acids is 1. The zero-order chi connectivity index (χ0) is 19.5. The van der Waals surface area contributed by atoms with Crippen molar-refractivity contribution < 1.29 is 14.3 Å². The summed E-state index contributed by atoms with van der Waals surface area (Å²) in [5, 5.41) is 3.94. The normalized spacial score (nSPS) is 13.0. The number of hydrogen-bond acceptors (Lipinski definition) is 5. The monoisotopic (exact) mass is 395 g/mol. The molecule has 1 aliphatic heterocycles. The number of methoxy groups -OCH3 is 2. The first-order valence-electron chi connectivity index (χ1n) is 9.00. The SMILES string of the molecule is COc1ccc(OC)c(NC(=O)N2CCc3nc(-c4ccccc4)sc3C2)c1. The van der Waals surface area contributed by atoms with Crippen LogP contribution in [0, 0.1) is 0 Å². The average molecular weight is 395 g/mol. The van der Waals surface area contributed by atoms with E-state index in [1.165, 1.54) is 0 Å². The maximum absolute atomic E-state index is 12.8. The first-order chi connectivity index (χ1) is 13.7. The Kier molecular flexibility index (Phi) is 5.16. The Morgan fingerprint density at radius 2 is 1.96 bits per heavy atom. The fraction of sp³-hybridized carbons (Fsp3) is 0.238. The number of benzene rings is 2. The number of thiazole rings is 1. The number of nitrogens with one attached hydrogen (secondary N) is 1. The molecular formula is C21H21N3O3S. The maximum Gasteiger partial charge on any atom is 0.322 e. The number of urea groups is 1. The molecule has 0 aliphatic carbocycles. The lowest BCUT2D eigenvalue weighted by molar-refractivity contribution is 0.206. The van der Waals surface area contributed by atoms with Gasteiger partial charge in [-0.2, -0.15) is 0 Å². The molecule has 7 heteroatoms. The van der Waals surface area contributed by atoms with Crippen LogP contribution in [0.1, 0.15) is 10.6 Å². The Hall–Kier alpha value is -3.06. The number of aromatic nitrogens is 1. The molecule has 0 unspecified atom stereocenters.